The highest BCUT2D eigenvalue weighted by Gasteiger charge is 2.24. The van der Waals surface area contributed by atoms with Gasteiger partial charge in [-0.15, -0.1) is 0 Å². The lowest BCUT2D eigenvalue weighted by molar-refractivity contribution is -0.115. The molecule has 29 heavy (non-hydrogen) atoms. The summed E-state index contributed by atoms with van der Waals surface area (Å²) in [4.78, 5) is 23.7. The van der Waals surface area contributed by atoms with Crippen molar-refractivity contribution in [3.05, 3.63) is 29.3 Å². The average Bonchev–Trinajstić information content (AvgIpc) is 3.29. The second kappa shape index (κ2) is 9.58. The van der Waals surface area contributed by atoms with Crippen molar-refractivity contribution in [3.8, 4) is 0 Å². The van der Waals surface area contributed by atoms with E-state index in [4.69, 9.17) is 9.26 Å². The van der Waals surface area contributed by atoms with Crippen LogP contribution in [0.4, 0.5) is 10.6 Å². The van der Waals surface area contributed by atoms with E-state index in [2.05, 4.69) is 26.0 Å². The molecule has 3 N–H and O–H groups in total. The molecule has 2 amide bonds. The molecule has 1 saturated carbocycles. The minimum atomic E-state index is -0.350. The Morgan fingerprint density at radius 3 is 2.69 bits per heavy atom. The number of hydrogen-bond acceptors (Lipinski definition) is 6. The number of ether oxygens (including phenoxy) is 1. The average molecular weight is 403 g/mol. The number of rotatable bonds is 7. The van der Waals surface area contributed by atoms with Crippen molar-refractivity contribution in [2.24, 2.45) is 5.92 Å². The van der Waals surface area contributed by atoms with Gasteiger partial charge in [0.25, 0.3) is 0 Å². The maximum atomic E-state index is 12.1. The Kier molecular flexibility index (Phi) is 6.90. The smallest absolute Gasteiger partial charge is 0.407 e. The number of alkyl carbamates (subject to hydrolysis) is 1. The highest BCUT2D eigenvalue weighted by molar-refractivity contribution is 5.91. The summed E-state index contributed by atoms with van der Waals surface area (Å²) in [5.41, 5.74) is 1.78. The lowest BCUT2D eigenvalue weighted by Crippen LogP contribution is -2.32. The highest BCUT2D eigenvalue weighted by atomic mass is 16.6. The third-order valence-electron chi connectivity index (χ3n) is 5.04. The van der Waals surface area contributed by atoms with Crippen molar-refractivity contribution in [2.45, 2.75) is 64.9 Å². The van der Waals surface area contributed by atoms with E-state index < -0.39 is 0 Å². The van der Waals surface area contributed by atoms with Gasteiger partial charge in [-0.05, 0) is 52.4 Å². The topological polar surface area (TPSA) is 122 Å². The molecule has 1 aliphatic rings. The van der Waals surface area contributed by atoms with Crippen LogP contribution in [0.15, 0.2) is 16.7 Å². The standard InChI is InChI=1S/C20H29N5O4/c1-12(2)28-20(27)21-11-14-4-6-15(7-5-14)17-10-18(24-23-17)22-19(26)9-16-8-13(3)25-29-16/h8,10,12,14-15H,4-7,9,11H2,1-3H3,(H,21,27)(H2,22,23,24,26). The molecule has 0 unspecified atom stereocenters. The van der Waals surface area contributed by atoms with Crippen LogP contribution in [0.3, 0.4) is 0 Å². The zero-order valence-electron chi connectivity index (χ0n) is 17.2. The number of aryl methyl sites for hydroxylation is 1. The molecule has 2 aromatic rings. The fraction of sp³-hybridized carbons (Fsp3) is 0.600. The molecule has 158 valence electrons. The molecule has 0 saturated heterocycles. The first-order valence-corrected chi connectivity index (χ1v) is 10.1. The Morgan fingerprint density at radius 2 is 2.03 bits per heavy atom. The Balaban J connectivity index is 1.42. The number of hydrogen-bond donors (Lipinski definition) is 3. The van der Waals surface area contributed by atoms with E-state index in [1.54, 1.807) is 6.07 Å². The number of anilines is 1. The zero-order valence-corrected chi connectivity index (χ0v) is 17.2. The predicted octanol–water partition coefficient (Wildman–Crippen LogP) is 3.30. The van der Waals surface area contributed by atoms with Gasteiger partial charge in [0.15, 0.2) is 5.82 Å². The van der Waals surface area contributed by atoms with Crippen molar-refractivity contribution in [1.29, 1.82) is 0 Å². The van der Waals surface area contributed by atoms with Crippen LogP contribution in [0, 0.1) is 12.8 Å². The van der Waals surface area contributed by atoms with Crippen molar-refractivity contribution in [3.63, 3.8) is 0 Å². The molecule has 3 rings (SSSR count). The number of carbonyl (C=O) groups excluding carboxylic acids is 2. The zero-order chi connectivity index (χ0) is 20.8. The molecule has 9 nitrogen and oxygen atoms in total. The van der Waals surface area contributed by atoms with Crippen LogP contribution in [-0.2, 0) is 16.0 Å². The number of nitrogens with zero attached hydrogens (tertiary/aromatic N) is 2. The SMILES string of the molecule is Cc1cc(CC(=O)Nc2cc(C3CCC(CNC(=O)OC(C)C)CC3)[nH]n2)on1. The van der Waals surface area contributed by atoms with Gasteiger partial charge in [-0.1, -0.05) is 5.16 Å². The largest absolute Gasteiger partial charge is 0.447 e. The van der Waals surface area contributed by atoms with E-state index in [9.17, 15) is 9.59 Å². The second-order valence-electron chi connectivity index (χ2n) is 7.92. The van der Waals surface area contributed by atoms with E-state index in [0.29, 0.717) is 30.0 Å². The third-order valence-corrected chi connectivity index (χ3v) is 5.04. The summed E-state index contributed by atoms with van der Waals surface area (Å²) in [5, 5.41) is 16.7. The van der Waals surface area contributed by atoms with Crippen molar-refractivity contribution >= 4 is 17.8 Å². The van der Waals surface area contributed by atoms with E-state index in [1.807, 2.05) is 26.8 Å². The molecular weight excluding hydrogens is 374 g/mol. The van der Waals surface area contributed by atoms with Gasteiger partial charge in [0, 0.05) is 30.3 Å². The number of aromatic nitrogens is 3. The molecule has 1 aliphatic carbocycles. The van der Waals surface area contributed by atoms with Gasteiger partial charge in [-0.2, -0.15) is 5.10 Å². The maximum Gasteiger partial charge on any atom is 0.407 e. The minimum absolute atomic E-state index is 0.110. The first-order valence-electron chi connectivity index (χ1n) is 10.1. The minimum Gasteiger partial charge on any atom is -0.447 e. The van der Waals surface area contributed by atoms with E-state index >= 15 is 0 Å². The van der Waals surface area contributed by atoms with Crippen LogP contribution in [-0.4, -0.2) is 40.0 Å². The molecule has 2 aromatic heterocycles. The lowest BCUT2D eigenvalue weighted by atomic mass is 9.80. The van der Waals surface area contributed by atoms with E-state index in [1.165, 1.54) is 0 Å². The van der Waals surface area contributed by atoms with Gasteiger partial charge in [0.2, 0.25) is 5.91 Å². The first-order chi connectivity index (χ1) is 13.9. The normalized spacial score (nSPS) is 19.2. The summed E-state index contributed by atoms with van der Waals surface area (Å²) in [6, 6.07) is 3.64. The van der Waals surface area contributed by atoms with Gasteiger partial charge < -0.3 is 19.9 Å². The molecule has 0 radical (unpaired) electrons. The Labute approximate surface area is 169 Å². The number of nitrogens with one attached hydrogen (secondary N) is 3. The van der Waals surface area contributed by atoms with Crippen molar-refractivity contribution in [1.82, 2.24) is 20.7 Å². The molecule has 0 spiro atoms. The first kappa shape index (κ1) is 20.9. The summed E-state index contributed by atoms with van der Waals surface area (Å²) in [7, 11) is 0. The van der Waals surface area contributed by atoms with E-state index in [-0.39, 0.29) is 24.5 Å². The summed E-state index contributed by atoms with van der Waals surface area (Å²) >= 11 is 0. The van der Waals surface area contributed by atoms with Crippen molar-refractivity contribution in [2.75, 3.05) is 11.9 Å². The number of carbonyl (C=O) groups is 2. The van der Waals surface area contributed by atoms with Gasteiger partial charge in [-0.25, -0.2) is 4.79 Å². The Hall–Kier alpha value is -2.84. The molecular formula is C20H29N5O4. The van der Waals surface area contributed by atoms with Gasteiger partial charge in [0.05, 0.1) is 18.2 Å². The second-order valence-corrected chi connectivity index (χ2v) is 7.92. The quantitative estimate of drug-likeness (QED) is 0.652. The lowest BCUT2D eigenvalue weighted by Gasteiger charge is -2.27. The summed E-state index contributed by atoms with van der Waals surface area (Å²) in [6.45, 7) is 6.12. The van der Waals surface area contributed by atoms with Crippen LogP contribution >= 0.6 is 0 Å². The number of aromatic amines is 1. The van der Waals surface area contributed by atoms with Gasteiger partial charge in [0.1, 0.15) is 5.76 Å². The fourth-order valence-corrected chi connectivity index (χ4v) is 3.62. The maximum absolute atomic E-state index is 12.1. The molecule has 0 bridgehead atoms. The molecule has 0 aliphatic heterocycles. The highest BCUT2D eigenvalue weighted by Crippen LogP contribution is 2.35. The van der Waals surface area contributed by atoms with Crippen molar-refractivity contribution < 1.29 is 18.8 Å². The molecule has 9 heteroatoms. The Morgan fingerprint density at radius 1 is 1.28 bits per heavy atom. The van der Waals surface area contributed by atoms with Crippen LogP contribution in [0.25, 0.3) is 0 Å². The number of amides is 2. The summed E-state index contributed by atoms with van der Waals surface area (Å²) in [6.07, 6.45) is 3.74. The molecule has 0 atom stereocenters. The molecule has 1 fully saturated rings. The third kappa shape index (κ3) is 6.33. The van der Waals surface area contributed by atoms with Crippen LogP contribution in [0.5, 0.6) is 0 Å². The molecule has 0 aromatic carbocycles. The molecule has 2 heterocycles. The Bertz CT molecular complexity index is 820. The fourth-order valence-electron chi connectivity index (χ4n) is 3.62. The van der Waals surface area contributed by atoms with Crippen LogP contribution in [0.2, 0.25) is 0 Å². The summed E-state index contributed by atoms with van der Waals surface area (Å²) in [5.74, 6) is 1.69. The number of H-pyrrole nitrogens is 1. The van der Waals surface area contributed by atoms with Gasteiger partial charge >= 0.3 is 6.09 Å². The predicted molar refractivity (Wildman–Crippen MR) is 106 cm³/mol. The monoisotopic (exact) mass is 403 g/mol. The van der Waals surface area contributed by atoms with Crippen LogP contribution in [0.1, 0.15) is 62.6 Å². The summed E-state index contributed by atoms with van der Waals surface area (Å²) < 4.78 is 10.2. The van der Waals surface area contributed by atoms with Gasteiger partial charge in [-0.3, -0.25) is 9.89 Å². The van der Waals surface area contributed by atoms with E-state index in [0.717, 1.165) is 37.1 Å². The van der Waals surface area contributed by atoms with Crippen LogP contribution < -0.4 is 10.6 Å².